The predicted molar refractivity (Wildman–Crippen MR) is 251 cm³/mol. The molecule has 0 aliphatic carbocycles. The van der Waals surface area contributed by atoms with Crippen LogP contribution in [0.4, 0.5) is 0 Å². The van der Waals surface area contributed by atoms with Crippen LogP contribution in [0.5, 0.6) is 0 Å². The van der Waals surface area contributed by atoms with Crippen LogP contribution in [0.2, 0.25) is 0 Å². The molecule has 6 heteroatoms. The van der Waals surface area contributed by atoms with Crippen molar-refractivity contribution in [2.45, 2.75) is 6.92 Å². The third-order valence-electron chi connectivity index (χ3n) is 12.5. The van der Waals surface area contributed by atoms with E-state index < -0.39 is 0 Å². The maximum Gasteiger partial charge on any atom is 0.147 e. The second-order valence-electron chi connectivity index (χ2n) is 15.9. The molecule has 8 aromatic carbocycles. The number of nitrogens with zero attached hydrogens (tertiary/aromatic N) is 4. The Morgan fingerprint density at radius 1 is 0.508 bits per heavy atom. The van der Waals surface area contributed by atoms with Crippen LogP contribution >= 0.6 is 0 Å². The Morgan fingerprint density at radius 3 is 2.20 bits per heavy atom. The van der Waals surface area contributed by atoms with E-state index in [-0.39, 0.29) is 0 Å². The zero-order chi connectivity index (χ0) is 40.2. The minimum Gasteiger partial charge on any atom is -0.455 e. The van der Waals surface area contributed by atoms with Crippen LogP contribution in [0.25, 0.3) is 122 Å². The van der Waals surface area contributed by atoms with E-state index in [0.717, 1.165) is 111 Å². The third kappa shape index (κ3) is 4.96. The first-order chi connectivity index (χ1) is 30.2. The number of pyridine rings is 1. The van der Waals surface area contributed by atoms with Gasteiger partial charge in [0.15, 0.2) is 0 Å². The van der Waals surface area contributed by atoms with Crippen molar-refractivity contribution in [2.75, 3.05) is 0 Å². The molecule has 0 amide bonds. The van der Waals surface area contributed by atoms with Crippen molar-refractivity contribution in [1.82, 2.24) is 24.1 Å². The molecule has 286 valence electrons. The number of H-pyrrole nitrogens is 1. The molecule has 0 saturated heterocycles. The second kappa shape index (κ2) is 12.9. The highest BCUT2D eigenvalue weighted by Crippen LogP contribution is 2.44. The monoisotopic (exact) mass is 781 g/mol. The second-order valence-corrected chi connectivity index (χ2v) is 15.9. The number of imidazole rings is 1. The largest absolute Gasteiger partial charge is 0.455 e. The van der Waals surface area contributed by atoms with Gasteiger partial charge in [-0.05, 0) is 89.8 Å². The first-order valence-corrected chi connectivity index (χ1v) is 20.7. The van der Waals surface area contributed by atoms with Gasteiger partial charge in [0.2, 0.25) is 0 Å². The molecule has 6 nitrogen and oxygen atoms in total. The number of hydrogen-bond donors (Lipinski definition) is 1. The van der Waals surface area contributed by atoms with Gasteiger partial charge in [-0.3, -0.25) is 9.13 Å². The number of rotatable bonds is 5. The average molecular weight is 782 g/mol. The number of hydrogen-bond acceptors (Lipinski definition) is 3. The van der Waals surface area contributed by atoms with Gasteiger partial charge in [0.25, 0.3) is 0 Å². The van der Waals surface area contributed by atoms with Crippen LogP contribution in [0.15, 0.2) is 193 Å². The Morgan fingerprint density at radius 2 is 1.28 bits per heavy atom. The number of benzene rings is 8. The highest BCUT2D eigenvalue weighted by atomic mass is 16.3. The molecule has 61 heavy (non-hydrogen) atoms. The molecule has 0 fully saturated rings. The summed E-state index contributed by atoms with van der Waals surface area (Å²) >= 11 is 0. The summed E-state index contributed by atoms with van der Waals surface area (Å²) in [5, 5.41) is 6.75. The Kier molecular flexibility index (Phi) is 7.13. The van der Waals surface area contributed by atoms with Crippen LogP contribution in [-0.2, 0) is 0 Å². The minimum absolute atomic E-state index is 0.838. The Bertz CT molecular complexity index is 3900. The van der Waals surface area contributed by atoms with Crippen LogP contribution in [0, 0.1) is 6.92 Å². The smallest absolute Gasteiger partial charge is 0.147 e. The number of aryl methyl sites for hydroxylation is 1. The van der Waals surface area contributed by atoms with Gasteiger partial charge in [0.05, 0.1) is 38.7 Å². The first kappa shape index (κ1) is 33.7. The molecule has 13 rings (SSSR count). The van der Waals surface area contributed by atoms with E-state index in [1.807, 2.05) is 18.3 Å². The van der Waals surface area contributed by atoms with Crippen LogP contribution in [0.3, 0.4) is 0 Å². The van der Waals surface area contributed by atoms with E-state index in [1.165, 1.54) is 16.3 Å². The molecule has 1 N–H and O–H groups in total. The summed E-state index contributed by atoms with van der Waals surface area (Å²) in [5.74, 6) is 1.73. The van der Waals surface area contributed by atoms with Crippen molar-refractivity contribution < 1.29 is 4.42 Å². The molecule has 0 saturated carbocycles. The van der Waals surface area contributed by atoms with Gasteiger partial charge in [0.1, 0.15) is 22.8 Å². The average Bonchev–Trinajstić information content (AvgIpc) is 4.08. The number of para-hydroxylation sites is 5. The molecule has 0 radical (unpaired) electrons. The fourth-order valence-electron chi connectivity index (χ4n) is 9.68. The Hall–Kier alpha value is -8.22. The van der Waals surface area contributed by atoms with Crippen LogP contribution < -0.4 is 0 Å². The molecular weight excluding hydrogens is 747 g/mol. The molecule has 5 heterocycles. The van der Waals surface area contributed by atoms with Crippen LogP contribution in [-0.4, -0.2) is 24.1 Å². The lowest BCUT2D eigenvalue weighted by atomic mass is 10.0. The predicted octanol–water partition coefficient (Wildman–Crippen LogP) is 14.4. The number of fused-ring (bicyclic) bond motifs is 11. The van der Waals surface area contributed by atoms with E-state index >= 15 is 0 Å². The summed E-state index contributed by atoms with van der Waals surface area (Å²) in [5.41, 5.74) is 15.7. The van der Waals surface area contributed by atoms with E-state index in [1.54, 1.807) is 0 Å². The van der Waals surface area contributed by atoms with Gasteiger partial charge in [-0.25, -0.2) is 9.97 Å². The van der Waals surface area contributed by atoms with Crippen molar-refractivity contribution in [3.63, 3.8) is 0 Å². The molecule has 0 unspecified atom stereocenters. The molecule has 0 aliphatic heterocycles. The highest BCUT2D eigenvalue weighted by molar-refractivity contribution is 6.24. The molecule has 0 bridgehead atoms. The van der Waals surface area contributed by atoms with Gasteiger partial charge in [-0.15, -0.1) is 0 Å². The van der Waals surface area contributed by atoms with Gasteiger partial charge < -0.3 is 9.40 Å². The van der Waals surface area contributed by atoms with Gasteiger partial charge in [-0.1, -0.05) is 121 Å². The SMILES string of the molecule is Cc1ccccc1-n1c(-c2cccc3c2[nH]c2ccccc23)nc2c(-c3ccc4c5c6oc7ccccc7c6ccc5n(-c5cc(-c6ccccc6)ccn5)c4c3)cccc21. The van der Waals surface area contributed by atoms with Crippen molar-refractivity contribution >= 4 is 76.6 Å². The van der Waals surface area contributed by atoms with E-state index in [0.29, 0.717) is 0 Å². The first-order valence-electron chi connectivity index (χ1n) is 20.7. The maximum absolute atomic E-state index is 6.70. The molecule has 0 aliphatic rings. The summed E-state index contributed by atoms with van der Waals surface area (Å²) in [6, 6.07) is 64.4. The van der Waals surface area contributed by atoms with Crippen LogP contribution in [0.1, 0.15) is 5.56 Å². The number of aromatic nitrogens is 5. The number of nitrogens with one attached hydrogen (secondary N) is 1. The molecule has 5 aromatic heterocycles. The lowest BCUT2D eigenvalue weighted by Gasteiger charge is -2.13. The molecule has 13 aromatic rings. The highest BCUT2D eigenvalue weighted by Gasteiger charge is 2.24. The summed E-state index contributed by atoms with van der Waals surface area (Å²) in [6.07, 6.45) is 1.91. The summed E-state index contributed by atoms with van der Waals surface area (Å²) in [6.45, 7) is 2.17. The summed E-state index contributed by atoms with van der Waals surface area (Å²) in [7, 11) is 0. The standard InChI is InChI=1S/C55H35N5O/c1-33-13-5-9-22-45(33)60-47-23-12-18-37(53(47)58-55(60)43-20-11-19-40-38-16-6-8-21-44(38)57-52(40)43)36-25-26-42-48(31-36)59(50-32-35(29-30-56-50)34-14-3-2-4-15-34)46-28-27-41-39-17-7-10-24-49(39)61-54(41)51(42)46/h2-32,57H,1H3. The quantitative estimate of drug-likeness (QED) is 0.189. The normalized spacial score (nSPS) is 12.0. The lowest BCUT2D eigenvalue weighted by molar-refractivity contribution is 0.673. The zero-order valence-corrected chi connectivity index (χ0v) is 33.1. The lowest BCUT2D eigenvalue weighted by Crippen LogP contribution is -2.00. The molecule has 0 spiro atoms. The fourth-order valence-corrected chi connectivity index (χ4v) is 9.68. The van der Waals surface area contributed by atoms with Crippen molar-refractivity contribution in [3.8, 4) is 45.1 Å². The van der Waals surface area contributed by atoms with Crippen molar-refractivity contribution in [3.05, 3.63) is 194 Å². The summed E-state index contributed by atoms with van der Waals surface area (Å²) in [4.78, 5) is 14.4. The number of aromatic amines is 1. The van der Waals surface area contributed by atoms with Gasteiger partial charge in [0, 0.05) is 49.8 Å². The Labute approximate surface area is 349 Å². The van der Waals surface area contributed by atoms with Gasteiger partial charge >= 0.3 is 0 Å². The maximum atomic E-state index is 6.70. The fraction of sp³-hybridized carbons (Fsp3) is 0.0182. The van der Waals surface area contributed by atoms with E-state index in [2.05, 4.69) is 191 Å². The zero-order valence-electron chi connectivity index (χ0n) is 33.1. The number of furan rings is 1. The molecular formula is C55H35N5O. The van der Waals surface area contributed by atoms with E-state index in [9.17, 15) is 0 Å². The third-order valence-corrected chi connectivity index (χ3v) is 12.5. The van der Waals surface area contributed by atoms with Gasteiger partial charge in [-0.2, -0.15) is 0 Å². The summed E-state index contributed by atoms with van der Waals surface area (Å²) < 4.78 is 11.3. The minimum atomic E-state index is 0.838. The molecule has 0 atom stereocenters. The van der Waals surface area contributed by atoms with Crippen molar-refractivity contribution in [2.24, 2.45) is 0 Å². The topological polar surface area (TPSA) is 64.6 Å². The Balaban J connectivity index is 1.09. The van der Waals surface area contributed by atoms with Crippen molar-refractivity contribution in [1.29, 1.82) is 0 Å². The van der Waals surface area contributed by atoms with E-state index in [4.69, 9.17) is 14.4 Å².